The number of aryl methyl sites for hydroxylation is 1. The molecule has 1 saturated carbocycles. The van der Waals surface area contributed by atoms with Crippen LogP contribution in [-0.4, -0.2) is 41.0 Å². The Hall–Kier alpha value is -3.79. The summed E-state index contributed by atoms with van der Waals surface area (Å²) in [6, 6.07) is 13.5. The Bertz CT molecular complexity index is 1130. The zero-order chi connectivity index (χ0) is 25.6. The van der Waals surface area contributed by atoms with Crippen molar-refractivity contribution in [3.63, 3.8) is 0 Å². The number of ether oxygens (including phenoxy) is 1. The highest BCUT2D eigenvalue weighted by Gasteiger charge is 2.39. The van der Waals surface area contributed by atoms with E-state index in [4.69, 9.17) is 11.2 Å². The molecule has 3 amide bonds. The Labute approximate surface area is 207 Å². The van der Waals surface area contributed by atoms with Crippen molar-refractivity contribution in [1.29, 1.82) is 0 Å². The monoisotopic (exact) mass is 475 g/mol. The van der Waals surface area contributed by atoms with Gasteiger partial charge in [0, 0.05) is 17.3 Å². The second-order valence-corrected chi connectivity index (χ2v) is 9.68. The fourth-order valence-electron chi connectivity index (χ4n) is 3.98. The van der Waals surface area contributed by atoms with Crippen LogP contribution in [0.5, 0.6) is 0 Å². The Balaban J connectivity index is 1.95. The van der Waals surface area contributed by atoms with Crippen molar-refractivity contribution in [1.82, 2.24) is 10.2 Å². The van der Waals surface area contributed by atoms with Gasteiger partial charge < -0.3 is 20.3 Å². The molecule has 0 radical (unpaired) electrons. The minimum Gasteiger partial charge on any atom is -0.444 e. The van der Waals surface area contributed by atoms with Gasteiger partial charge in [0.25, 0.3) is 5.91 Å². The van der Waals surface area contributed by atoms with E-state index in [-0.39, 0.29) is 24.4 Å². The van der Waals surface area contributed by atoms with E-state index in [2.05, 4.69) is 16.6 Å². The summed E-state index contributed by atoms with van der Waals surface area (Å²) < 4.78 is 5.26. The number of anilines is 1. The topological polar surface area (TPSA) is 87.7 Å². The van der Waals surface area contributed by atoms with E-state index in [1.165, 1.54) is 0 Å². The van der Waals surface area contributed by atoms with E-state index in [0.717, 1.165) is 24.8 Å². The lowest BCUT2D eigenvalue weighted by Gasteiger charge is -2.42. The first-order chi connectivity index (χ1) is 16.6. The van der Waals surface area contributed by atoms with Crippen molar-refractivity contribution in [2.75, 3.05) is 11.9 Å². The fourth-order valence-corrected chi connectivity index (χ4v) is 3.98. The molecule has 2 aromatic carbocycles. The van der Waals surface area contributed by atoms with Crippen LogP contribution in [0.4, 0.5) is 10.5 Å². The maximum Gasteiger partial charge on any atom is 0.408 e. The van der Waals surface area contributed by atoms with Crippen molar-refractivity contribution in [3.8, 4) is 12.3 Å². The summed E-state index contributed by atoms with van der Waals surface area (Å²) in [4.78, 5) is 41.0. The molecule has 1 atom stereocenters. The lowest BCUT2D eigenvalue weighted by molar-refractivity contribution is -0.143. The first-order valence-electron chi connectivity index (χ1n) is 11.8. The number of para-hydroxylation sites is 1. The van der Waals surface area contributed by atoms with Gasteiger partial charge in [-0.2, -0.15) is 0 Å². The average molecular weight is 476 g/mol. The molecule has 35 heavy (non-hydrogen) atoms. The molecule has 0 heterocycles. The van der Waals surface area contributed by atoms with Crippen LogP contribution in [0.2, 0.25) is 0 Å². The third-order valence-corrected chi connectivity index (χ3v) is 5.88. The molecule has 0 saturated heterocycles. The van der Waals surface area contributed by atoms with Gasteiger partial charge in [-0.05, 0) is 70.2 Å². The molecule has 3 rings (SSSR count). The molecular formula is C28H33N3O4. The van der Waals surface area contributed by atoms with Gasteiger partial charge >= 0.3 is 6.09 Å². The highest BCUT2D eigenvalue weighted by atomic mass is 16.6. The molecule has 0 spiro atoms. The van der Waals surface area contributed by atoms with Crippen LogP contribution < -0.4 is 10.6 Å². The molecule has 7 nitrogen and oxygen atoms in total. The molecule has 184 valence electrons. The van der Waals surface area contributed by atoms with Gasteiger partial charge in [0.2, 0.25) is 5.91 Å². The smallest absolute Gasteiger partial charge is 0.408 e. The lowest BCUT2D eigenvalue weighted by atomic mass is 9.87. The zero-order valence-corrected chi connectivity index (χ0v) is 20.8. The summed E-state index contributed by atoms with van der Waals surface area (Å²) in [5.41, 5.74) is 1.97. The van der Waals surface area contributed by atoms with Crippen LogP contribution in [-0.2, 0) is 14.3 Å². The van der Waals surface area contributed by atoms with E-state index >= 15 is 0 Å². The molecule has 1 unspecified atom stereocenters. The second-order valence-electron chi connectivity index (χ2n) is 9.68. The number of carbonyl (C=O) groups is 3. The molecule has 1 aliphatic rings. The molecule has 0 bridgehead atoms. The SMILES string of the molecule is C#Cc1ccccc1C(C(=O)Nc1ccccc1C)N(C(=O)CNC(=O)OC(C)(C)C)C1CCC1. The summed E-state index contributed by atoms with van der Waals surface area (Å²) in [7, 11) is 0. The standard InChI is InChI=1S/C28H33N3O4/c1-6-20-13-8-9-16-22(20)25(26(33)30-23-17-10-7-12-19(23)2)31(21-14-11-15-21)24(32)18-29-27(34)35-28(3,4)5/h1,7-10,12-13,16-17,21,25H,11,14-15,18H2,2-5H3,(H,29,34)(H,30,33). The maximum atomic E-state index is 13.8. The van der Waals surface area contributed by atoms with E-state index in [1.807, 2.05) is 31.2 Å². The number of alkyl carbamates (subject to hydrolysis) is 1. The Kier molecular flexibility index (Phi) is 8.18. The molecule has 0 aromatic heterocycles. The van der Waals surface area contributed by atoms with Crippen molar-refractivity contribution >= 4 is 23.6 Å². The van der Waals surface area contributed by atoms with E-state index < -0.39 is 17.7 Å². The van der Waals surface area contributed by atoms with Crippen LogP contribution in [0.3, 0.4) is 0 Å². The van der Waals surface area contributed by atoms with Gasteiger partial charge in [0.1, 0.15) is 18.2 Å². The van der Waals surface area contributed by atoms with Crippen LogP contribution in [0.1, 0.15) is 62.8 Å². The molecule has 2 aromatic rings. The number of benzene rings is 2. The van der Waals surface area contributed by atoms with Crippen LogP contribution in [0, 0.1) is 19.3 Å². The highest BCUT2D eigenvalue weighted by Crippen LogP contribution is 2.35. The fraction of sp³-hybridized carbons (Fsp3) is 0.393. The summed E-state index contributed by atoms with van der Waals surface area (Å²) in [6.07, 6.45) is 7.56. The minimum atomic E-state index is -0.958. The van der Waals surface area contributed by atoms with Crippen molar-refractivity contribution in [2.45, 2.75) is 64.6 Å². The number of terminal acetylenes is 1. The summed E-state index contributed by atoms with van der Waals surface area (Å²) in [5, 5.41) is 5.51. The van der Waals surface area contributed by atoms with Gasteiger partial charge in [-0.25, -0.2) is 4.79 Å². The Morgan fingerprint density at radius 2 is 1.77 bits per heavy atom. The zero-order valence-electron chi connectivity index (χ0n) is 20.8. The number of amides is 3. The number of nitrogens with one attached hydrogen (secondary N) is 2. The van der Waals surface area contributed by atoms with Crippen LogP contribution in [0.15, 0.2) is 48.5 Å². The number of nitrogens with zero attached hydrogens (tertiary/aromatic N) is 1. The maximum absolute atomic E-state index is 13.8. The summed E-state index contributed by atoms with van der Waals surface area (Å²) in [6.45, 7) is 6.85. The molecule has 1 fully saturated rings. The predicted octanol–water partition coefficient (Wildman–Crippen LogP) is 4.56. The van der Waals surface area contributed by atoms with Gasteiger partial charge in [-0.15, -0.1) is 6.42 Å². The van der Waals surface area contributed by atoms with E-state index in [9.17, 15) is 14.4 Å². The lowest BCUT2D eigenvalue weighted by Crippen LogP contribution is -2.53. The molecular weight excluding hydrogens is 442 g/mol. The number of hydrogen-bond acceptors (Lipinski definition) is 4. The Morgan fingerprint density at radius 3 is 2.37 bits per heavy atom. The third kappa shape index (κ3) is 6.63. The molecule has 0 aliphatic heterocycles. The van der Waals surface area contributed by atoms with E-state index in [0.29, 0.717) is 16.8 Å². The van der Waals surface area contributed by atoms with Crippen LogP contribution >= 0.6 is 0 Å². The summed E-state index contributed by atoms with van der Waals surface area (Å²) in [5.74, 6) is 1.90. The molecule has 1 aliphatic carbocycles. The van der Waals surface area contributed by atoms with Gasteiger partial charge in [-0.1, -0.05) is 42.3 Å². The number of hydrogen-bond donors (Lipinski definition) is 2. The largest absolute Gasteiger partial charge is 0.444 e. The van der Waals surface area contributed by atoms with Crippen molar-refractivity contribution in [3.05, 3.63) is 65.2 Å². The Morgan fingerprint density at radius 1 is 1.11 bits per heavy atom. The number of rotatable bonds is 7. The van der Waals surface area contributed by atoms with Gasteiger partial charge in [0.15, 0.2) is 0 Å². The minimum absolute atomic E-state index is 0.138. The number of carbonyl (C=O) groups excluding carboxylic acids is 3. The van der Waals surface area contributed by atoms with E-state index in [1.54, 1.807) is 49.9 Å². The quantitative estimate of drug-likeness (QED) is 0.575. The predicted molar refractivity (Wildman–Crippen MR) is 136 cm³/mol. The third-order valence-electron chi connectivity index (χ3n) is 5.88. The van der Waals surface area contributed by atoms with Crippen LogP contribution in [0.25, 0.3) is 0 Å². The first kappa shape index (κ1) is 25.8. The normalized spacial score (nSPS) is 14.1. The highest BCUT2D eigenvalue weighted by molar-refractivity contribution is 5.99. The van der Waals surface area contributed by atoms with Gasteiger partial charge in [0.05, 0.1) is 0 Å². The molecule has 7 heteroatoms. The second kappa shape index (κ2) is 11.1. The molecule has 2 N–H and O–H groups in total. The van der Waals surface area contributed by atoms with Gasteiger partial charge in [-0.3, -0.25) is 9.59 Å². The van der Waals surface area contributed by atoms with Crippen molar-refractivity contribution in [2.24, 2.45) is 0 Å². The first-order valence-corrected chi connectivity index (χ1v) is 11.8. The summed E-state index contributed by atoms with van der Waals surface area (Å²) >= 11 is 0. The average Bonchev–Trinajstić information content (AvgIpc) is 2.76. The van der Waals surface area contributed by atoms with Crippen molar-refractivity contribution < 1.29 is 19.1 Å².